The van der Waals surface area contributed by atoms with E-state index in [9.17, 15) is 0 Å². The fourth-order valence-corrected chi connectivity index (χ4v) is 3.45. The molecule has 86 valence electrons. The Bertz CT molecular complexity index is 620. The van der Waals surface area contributed by atoms with Crippen molar-refractivity contribution in [3.63, 3.8) is 0 Å². The zero-order valence-electron chi connectivity index (χ0n) is 9.43. The number of fused-ring (bicyclic) bond motifs is 1. The van der Waals surface area contributed by atoms with Gasteiger partial charge in [-0.25, -0.2) is 9.97 Å². The molecule has 0 unspecified atom stereocenters. The highest BCUT2D eigenvalue weighted by molar-refractivity contribution is 8.00. The molecule has 0 saturated heterocycles. The Labute approximate surface area is 107 Å². The molecule has 17 heavy (non-hydrogen) atoms. The van der Waals surface area contributed by atoms with Gasteiger partial charge < -0.3 is 4.42 Å². The van der Waals surface area contributed by atoms with Crippen molar-refractivity contribution < 1.29 is 4.42 Å². The highest BCUT2D eigenvalue weighted by Gasteiger charge is 2.10. The van der Waals surface area contributed by atoms with Crippen molar-refractivity contribution >= 4 is 33.3 Å². The van der Waals surface area contributed by atoms with Crippen LogP contribution >= 0.6 is 23.1 Å². The van der Waals surface area contributed by atoms with E-state index in [1.807, 2.05) is 32.0 Å². The SMILES string of the molecule is Cc1nc(Sc2nc3ccccc3s2)oc1C. The first-order valence-corrected chi connectivity index (χ1v) is 6.83. The smallest absolute Gasteiger partial charge is 0.263 e. The van der Waals surface area contributed by atoms with Gasteiger partial charge in [0.15, 0.2) is 4.34 Å². The molecular formula is C12H10N2OS2. The van der Waals surface area contributed by atoms with Crippen molar-refractivity contribution in [2.24, 2.45) is 0 Å². The van der Waals surface area contributed by atoms with Gasteiger partial charge in [-0.1, -0.05) is 12.1 Å². The summed E-state index contributed by atoms with van der Waals surface area (Å²) in [5.74, 6) is 0.869. The lowest BCUT2D eigenvalue weighted by atomic mass is 10.3. The molecule has 3 nitrogen and oxygen atoms in total. The van der Waals surface area contributed by atoms with Crippen LogP contribution in [0.2, 0.25) is 0 Å². The third kappa shape index (κ3) is 2.08. The van der Waals surface area contributed by atoms with Crippen LogP contribution in [0.5, 0.6) is 0 Å². The molecule has 0 aliphatic carbocycles. The maximum atomic E-state index is 5.53. The molecule has 3 rings (SSSR count). The largest absolute Gasteiger partial charge is 0.436 e. The summed E-state index contributed by atoms with van der Waals surface area (Å²) in [6, 6.07) is 8.11. The van der Waals surface area contributed by atoms with Gasteiger partial charge in [0.1, 0.15) is 5.76 Å². The predicted octanol–water partition coefficient (Wildman–Crippen LogP) is 4.05. The lowest BCUT2D eigenvalue weighted by Gasteiger charge is -1.87. The van der Waals surface area contributed by atoms with Gasteiger partial charge in [-0.2, -0.15) is 0 Å². The normalized spacial score (nSPS) is 11.2. The summed E-state index contributed by atoms with van der Waals surface area (Å²) in [6.07, 6.45) is 0. The van der Waals surface area contributed by atoms with Gasteiger partial charge in [-0.05, 0) is 26.0 Å². The molecule has 0 amide bonds. The van der Waals surface area contributed by atoms with Crippen LogP contribution in [0.25, 0.3) is 10.2 Å². The van der Waals surface area contributed by atoms with Crippen LogP contribution in [0.3, 0.4) is 0 Å². The Morgan fingerprint density at radius 3 is 2.71 bits per heavy atom. The first-order chi connectivity index (χ1) is 8.22. The lowest BCUT2D eigenvalue weighted by molar-refractivity contribution is 0.431. The number of hydrogen-bond acceptors (Lipinski definition) is 5. The molecule has 0 spiro atoms. The molecule has 3 aromatic rings. The van der Waals surface area contributed by atoms with E-state index in [1.165, 1.54) is 16.5 Å². The summed E-state index contributed by atoms with van der Waals surface area (Å²) >= 11 is 3.14. The Kier molecular flexibility index (Phi) is 2.64. The number of rotatable bonds is 2. The third-order valence-electron chi connectivity index (χ3n) is 2.46. The van der Waals surface area contributed by atoms with Crippen molar-refractivity contribution in [3.8, 4) is 0 Å². The number of nitrogens with zero attached hydrogens (tertiary/aromatic N) is 2. The molecule has 2 heterocycles. The second-order valence-electron chi connectivity index (χ2n) is 3.67. The van der Waals surface area contributed by atoms with E-state index in [2.05, 4.69) is 16.0 Å². The number of thiazole rings is 1. The Balaban J connectivity index is 1.94. The minimum atomic E-state index is 0.666. The van der Waals surface area contributed by atoms with E-state index < -0.39 is 0 Å². The van der Waals surface area contributed by atoms with Gasteiger partial charge >= 0.3 is 0 Å². The van der Waals surface area contributed by atoms with Crippen LogP contribution in [0, 0.1) is 13.8 Å². The van der Waals surface area contributed by atoms with Crippen molar-refractivity contribution in [1.29, 1.82) is 0 Å². The molecule has 0 atom stereocenters. The highest BCUT2D eigenvalue weighted by Crippen LogP contribution is 2.34. The Morgan fingerprint density at radius 2 is 2.00 bits per heavy atom. The number of oxazole rings is 1. The minimum Gasteiger partial charge on any atom is -0.436 e. The molecular weight excluding hydrogens is 252 g/mol. The zero-order valence-corrected chi connectivity index (χ0v) is 11.1. The van der Waals surface area contributed by atoms with Crippen molar-refractivity contribution in [1.82, 2.24) is 9.97 Å². The Hall–Kier alpha value is -1.33. The molecule has 5 heteroatoms. The third-order valence-corrected chi connectivity index (χ3v) is 4.40. The summed E-state index contributed by atoms with van der Waals surface area (Å²) in [5, 5.41) is 0.666. The topological polar surface area (TPSA) is 38.9 Å². The molecule has 0 saturated carbocycles. The first kappa shape index (κ1) is 10.8. The van der Waals surface area contributed by atoms with Crippen LogP contribution in [0.1, 0.15) is 11.5 Å². The van der Waals surface area contributed by atoms with Crippen LogP contribution in [0.15, 0.2) is 38.2 Å². The summed E-state index contributed by atoms with van der Waals surface area (Å²) in [6.45, 7) is 3.87. The fourth-order valence-electron chi connectivity index (χ4n) is 1.46. The number of hydrogen-bond donors (Lipinski definition) is 0. The Morgan fingerprint density at radius 1 is 1.18 bits per heavy atom. The van der Waals surface area contributed by atoms with Crippen molar-refractivity contribution in [2.45, 2.75) is 23.4 Å². The van der Waals surface area contributed by atoms with Gasteiger partial charge in [-0.3, -0.25) is 0 Å². The number of aromatic nitrogens is 2. The predicted molar refractivity (Wildman–Crippen MR) is 69.7 cm³/mol. The van der Waals surface area contributed by atoms with Crippen LogP contribution in [-0.2, 0) is 0 Å². The van der Waals surface area contributed by atoms with Gasteiger partial charge in [0.05, 0.1) is 15.9 Å². The van der Waals surface area contributed by atoms with Gasteiger partial charge in [0.25, 0.3) is 5.22 Å². The fraction of sp³-hybridized carbons (Fsp3) is 0.167. The van der Waals surface area contributed by atoms with Gasteiger partial charge in [0, 0.05) is 11.8 Å². The lowest BCUT2D eigenvalue weighted by Crippen LogP contribution is -1.73. The molecule has 0 bridgehead atoms. The molecule has 1 aromatic carbocycles. The molecule has 0 aliphatic heterocycles. The van der Waals surface area contributed by atoms with Gasteiger partial charge in [-0.15, -0.1) is 11.3 Å². The molecule has 0 radical (unpaired) electrons. The molecule has 0 aliphatic rings. The van der Waals surface area contributed by atoms with E-state index in [4.69, 9.17) is 4.42 Å². The van der Waals surface area contributed by atoms with E-state index in [0.29, 0.717) is 5.22 Å². The van der Waals surface area contributed by atoms with Crippen LogP contribution in [-0.4, -0.2) is 9.97 Å². The summed E-state index contributed by atoms with van der Waals surface area (Å²) in [4.78, 5) is 8.87. The molecule has 0 N–H and O–H groups in total. The van der Waals surface area contributed by atoms with Crippen LogP contribution < -0.4 is 0 Å². The maximum absolute atomic E-state index is 5.53. The van der Waals surface area contributed by atoms with Gasteiger partial charge in [0.2, 0.25) is 0 Å². The van der Waals surface area contributed by atoms with E-state index in [-0.39, 0.29) is 0 Å². The zero-order chi connectivity index (χ0) is 11.8. The quantitative estimate of drug-likeness (QED) is 0.698. The average molecular weight is 262 g/mol. The highest BCUT2D eigenvalue weighted by atomic mass is 32.2. The summed E-state index contributed by atoms with van der Waals surface area (Å²) < 4.78 is 7.69. The van der Waals surface area contributed by atoms with E-state index in [0.717, 1.165) is 21.3 Å². The second-order valence-corrected chi connectivity index (χ2v) is 5.90. The summed E-state index contributed by atoms with van der Waals surface area (Å²) in [7, 11) is 0. The number of benzene rings is 1. The second kappa shape index (κ2) is 4.16. The van der Waals surface area contributed by atoms with E-state index >= 15 is 0 Å². The maximum Gasteiger partial charge on any atom is 0.263 e. The average Bonchev–Trinajstić information content (AvgIpc) is 2.83. The standard InChI is InChI=1S/C12H10N2OS2/c1-7-8(2)15-11(13-7)17-12-14-9-5-3-4-6-10(9)16-12/h3-6H,1-2H3. The number of aryl methyl sites for hydroxylation is 2. The minimum absolute atomic E-state index is 0.666. The van der Waals surface area contributed by atoms with E-state index in [1.54, 1.807) is 11.3 Å². The first-order valence-electron chi connectivity index (χ1n) is 5.20. The van der Waals surface area contributed by atoms with Crippen molar-refractivity contribution in [3.05, 3.63) is 35.7 Å². The molecule has 0 fully saturated rings. The van der Waals surface area contributed by atoms with Crippen LogP contribution in [0.4, 0.5) is 0 Å². The summed E-state index contributed by atoms with van der Waals surface area (Å²) in [5.41, 5.74) is 1.97. The number of para-hydroxylation sites is 1. The molecule has 2 aromatic heterocycles. The monoisotopic (exact) mass is 262 g/mol. The van der Waals surface area contributed by atoms with Crippen molar-refractivity contribution in [2.75, 3.05) is 0 Å².